The summed E-state index contributed by atoms with van der Waals surface area (Å²) in [6.45, 7) is 7.28. The summed E-state index contributed by atoms with van der Waals surface area (Å²) in [7, 11) is 0. The molecular formula is C13H19NO. The summed E-state index contributed by atoms with van der Waals surface area (Å²) < 4.78 is 5.55. The zero-order chi connectivity index (χ0) is 10.8. The zero-order valence-electron chi connectivity index (χ0n) is 9.71. The van der Waals surface area contributed by atoms with Crippen LogP contribution in [-0.4, -0.2) is 18.8 Å². The topological polar surface area (TPSA) is 21.3 Å². The van der Waals surface area contributed by atoms with Crippen LogP contribution in [0.2, 0.25) is 0 Å². The summed E-state index contributed by atoms with van der Waals surface area (Å²) >= 11 is 0. The van der Waals surface area contributed by atoms with Gasteiger partial charge in [-0.2, -0.15) is 0 Å². The number of nitrogens with one attached hydrogen (secondary N) is 1. The summed E-state index contributed by atoms with van der Waals surface area (Å²) in [5.74, 6) is 0. The Hall–Kier alpha value is -1.02. The van der Waals surface area contributed by atoms with E-state index in [1.54, 1.807) is 0 Å². The molecule has 2 nitrogen and oxygen atoms in total. The summed E-state index contributed by atoms with van der Waals surface area (Å²) in [5.41, 5.74) is 3.85. The predicted octanol–water partition coefficient (Wildman–Crippen LogP) is 2.89. The zero-order valence-corrected chi connectivity index (χ0v) is 9.71. The molecule has 2 heteroatoms. The van der Waals surface area contributed by atoms with E-state index in [0.717, 1.165) is 13.0 Å². The fraction of sp³-hybridized carbons (Fsp3) is 0.538. The van der Waals surface area contributed by atoms with Crippen molar-refractivity contribution in [2.45, 2.75) is 39.3 Å². The molecule has 0 spiro atoms. The Bertz CT molecular complexity index is 348. The molecule has 1 aromatic carbocycles. The van der Waals surface area contributed by atoms with Gasteiger partial charge in [-0.05, 0) is 44.4 Å². The maximum atomic E-state index is 5.55. The summed E-state index contributed by atoms with van der Waals surface area (Å²) in [6, 6.07) is 6.98. The van der Waals surface area contributed by atoms with Crippen LogP contribution in [-0.2, 0) is 4.74 Å². The van der Waals surface area contributed by atoms with Crippen LogP contribution in [0.1, 0.15) is 24.5 Å². The van der Waals surface area contributed by atoms with Crippen LogP contribution in [0.4, 0.5) is 5.69 Å². The standard InChI is InChI=1S/C13H19NO/c1-9-4-5-10(2)13(8-9)14-12-6-7-15-11(12)3/h4-5,8,11-12,14H,6-7H2,1-3H3. The molecule has 1 fully saturated rings. The lowest BCUT2D eigenvalue weighted by atomic mass is 10.1. The molecule has 15 heavy (non-hydrogen) atoms. The first-order valence-corrected chi connectivity index (χ1v) is 5.62. The van der Waals surface area contributed by atoms with Crippen LogP contribution in [0.5, 0.6) is 0 Å². The van der Waals surface area contributed by atoms with Crippen LogP contribution in [0.15, 0.2) is 18.2 Å². The maximum absolute atomic E-state index is 5.55. The molecule has 1 aliphatic heterocycles. The van der Waals surface area contributed by atoms with Gasteiger partial charge >= 0.3 is 0 Å². The third-order valence-electron chi connectivity index (χ3n) is 3.11. The van der Waals surface area contributed by atoms with Gasteiger partial charge in [-0.15, -0.1) is 0 Å². The molecule has 0 radical (unpaired) electrons. The van der Waals surface area contributed by atoms with E-state index < -0.39 is 0 Å². The Morgan fingerprint density at radius 1 is 1.33 bits per heavy atom. The van der Waals surface area contributed by atoms with Crippen LogP contribution < -0.4 is 5.32 Å². The minimum absolute atomic E-state index is 0.324. The summed E-state index contributed by atoms with van der Waals surface area (Å²) in [6.07, 6.45) is 1.43. The van der Waals surface area contributed by atoms with E-state index in [2.05, 4.69) is 44.3 Å². The lowest BCUT2D eigenvalue weighted by Crippen LogP contribution is -2.27. The largest absolute Gasteiger partial charge is 0.379 e. The van der Waals surface area contributed by atoms with Crippen molar-refractivity contribution in [1.29, 1.82) is 0 Å². The Balaban J connectivity index is 2.12. The molecule has 1 saturated heterocycles. The number of rotatable bonds is 2. The van der Waals surface area contributed by atoms with Gasteiger partial charge in [0.25, 0.3) is 0 Å². The van der Waals surface area contributed by atoms with E-state index >= 15 is 0 Å². The van der Waals surface area contributed by atoms with Gasteiger partial charge in [-0.3, -0.25) is 0 Å². The Morgan fingerprint density at radius 2 is 2.13 bits per heavy atom. The summed E-state index contributed by atoms with van der Waals surface area (Å²) in [4.78, 5) is 0. The number of ether oxygens (including phenoxy) is 1. The normalized spacial score (nSPS) is 25.5. The number of benzene rings is 1. The van der Waals surface area contributed by atoms with Crippen molar-refractivity contribution in [1.82, 2.24) is 0 Å². The highest BCUT2D eigenvalue weighted by Gasteiger charge is 2.24. The average Bonchev–Trinajstić information content (AvgIpc) is 2.58. The van der Waals surface area contributed by atoms with E-state index in [-0.39, 0.29) is 0 Å². The number of anilines is 1. The molecule has 82 valence electrons. The number of aryl methyl sites for hydroxylation is 2. The van der Waals surface area contributed by atoms with E-state index in [4.69, 9.17) is 4.74 Å². The van der Waals surface area contributed by atoms with Gasteiger partial charge in [0.2, 0.25) is 0 Å². The molecule has 0 saturated carbocycles. The van der Waals surface area contributed by atoms with Crippen LogP contribution >= 0.6 is 0 Å². The van der Waals surface area contributed by atoms with Gasteiger partial charge in [0.1, 0.15) is 0 Å². The third kappa shape index (κ3) is 2.32. The molecular weight excluding hydrogens is 186 g/mol. The molecule has 0 bridgehead atoms. The van der Waals surface area contributed by atoms with Gasteiger partial charge in [0.05, 0.1) is 12.1 Å². The first-order chi connectivity index (χ1) is 7.16. The Morgan fingerprint density at radius 3 is 2.80 bits per heavy atom. The van der Waals surface area contributed by atoms with Crippen LogP contribution in [0.3, 0.4) is 0 Å². The SMILES string of the molecule is Cc1ccc(C)c(NC2CCOC2C)c1. The van der Waals surface area contributed by atoms with Gasteiger partial charge < -0.3 is 10.1 Å². The van der Waals surface area contributed by atoms with Crippen molar-refractivity contribution in [3.8, 4) is 0 Å². The first-order valence-electron chi connectivity index (χ1n) is 5.62. The minimum atomic E-state index is 0.324. The first kappa shape index (κ1) is 10.5. The second-order valence-electron chi connectivity index (χ2n) is 4.43. The quantitative estimate of drug-likeness (QED) is 0.801. The third-order valence-corrected chi connectivity index (χ3v) is 3.11. The maximum Gasteiger partial charge on any atom is 0.0748 e. The minimum Gasteiger partial charge on any atom is -0.379 e. The molecule has 0 amide bonds. The predicted molar refractivity (Wildman–Crippen MR) is 63.4 cm³/mol. The fourth-order valence-corrected chi connectivity index (χ4v) is 2.01. The second kappa shape index (κ2) is 4.23. The lowest BCUT2D eigenvalue weighted by molar-refractivity contribution is 0.121. The second-order valence-corrected chi connectivity index (χ2v) is 4.43. The van der Waals surface area contributed by atoms with Gasteiger partial charge in [-0.25, -0.2) is 0 Å². The van der Waals surface area contributed by atoms with E-state index in [0.29, 0.717) is 12.1 Å². The summed E-state index contributed by atoms with van der Waals surface area (Å²) in [5, 5.41) is 3.57. The van der Waals surface area contributed by atoms with E-state index in [1.807, 2.05) is 0 Å². The van der Waals surface area contributed by atoms with Crippen molar-refractivity contribution in [3.05, 3.63) is 29.3 Å². The van der Waals surface area contributed by atoms with Crippen molar-refractivity contribution >= 4 is 5.69 Å². The molecule has 1 heterocycles. The van der Waals surface area contributed by atoms with Crippen molar-refractivity contribution in [2.75, 3.05) is 11.9 Å². The van der Waals surface area contributed by atoms with Gasteiger partial charge in [0, 0.05) is 12.3 Å². The molecule has 0 aliphatic carbocycles. The Labute approximate surface area is 91.6 Å². The smallest absolute Gasteiger partial charge is 0.0748 e. The lowest BCUT2D eigenvalue weighted by Gasteiger charge is -2.19. The fourth-order valence-electron chi connectivity index (χ4n) is 2.01. The van der Waals surface area contributed by atoms with Crippen molar-refractivity contribution in [2.24, 2.45) is 0 Å². The van der Waals surface area contributed by atoms with Crippen LogP contribution in [0, 0.1) is 13.8 Å². The highest BCUT2D eigenvalue weighted by Crippen LogP contribution is 2.22. The molecule has 0 aromatic heterocycles. The van der Waals surface area contributed by atoms with Gasteiger partial charge in [-0.1, -0.05) is 12.1 Å². The number of hydrogen-bond donors (Lipinski definition) is 1. The highest BCUT2D eigenvalue weighted by atomic mass is 16.5. The van der Waals surface area contributed by atoms with E-state index in [9.17, 15) is 0 Å². The number of hydrogen-bond acceptors (Lipinski definition) is 2. The van der Waals surface area contributed by atoms with Gasteiger partial charge in [0.15, 0.2) is 0 Å². The molecule has 1 aromatic rings. The molecule has 1 aliphatic rings. The van der Waals surface area contributed by atoms with Crippen LogP contribution in [0.25, 0.3) is 0 Å². The highest BCUT2D eigenvalue weighted by molar-refractivity contribution is 5.53. The molecule has 2 unspecified atom stereocenters. The molecule has 2 atom stereocenters. The van der Waals surface area contributed by atoms with Crippen molar-refractivity contribution in [3.63, 3.8) is 0 Å². The van der Waals surface area contributed by atoms with Crippen molar-refractivity contribution < 1.29 is 4.74 Å². The Kier molecular flexibility index (Phi) is 2.96. The average molecular weight is 205 g/mol. The molecule has 1 N–H and O–H groups in total. The molecule has 2 rings (SSSR count). The monoisotopic (exact) mass is 205 g/mol. The van der Waals surface area contributed by atoms with E-state index in [1.165, 1.54) is 16.8 Å².